The van der Waals surface area contributed by atoms with Gasteiger partial charge in [-0.1, -0.05) is 44.2 Å². The highest BCUT2D eigenvalue weighted by Gasteiger charge is 2.44. The summed E-state index contributed by atoms with van der Waals surface area (Å²) in [6, 6.07) is 11.7. The number of carbonyl (C=O) groups excluding carboxylic acids is 2. The normalized spacial score (nSPS) is 19.4. The smallest absolute Gasteiger partial charge is 0.272 e. The summed E-state index contributed by atoms with van der Waals surface area (Å²) >= 11 is 0. The number of fused-ring (bicyclic) bond motifs is 1. The van der Waals surface area contributed by atoms with Crippen LogP contribution in [0.15, 0.2) is 36.4 Å². The summed E-state index contributed by atoms with van der Waals surface area (Å²) in [5.41, 5.74) is 1.48. The number of aromatic nitrogens is 2. The summed E-state index contributed by atoms with van der Waals surface area (Å²) in [5, 5.41) is 11.0. The van der Waals surface area contributed by atoms with Crippen molar-refractivity contribution in [1.82, 2.24) is 25.3 Å². The fraction of sp³-hybridized carbons (Fsp3) is 0.542. The first-order valence-electron chi connectivity index (χ1n) is 11.1. The molecule has 0 aliphatic carbocycles. The second-order valence-corrected chi connectivity index (χ2v) is 9.14. The molecular formula is C24H35N5O2. The molecular weight excluding hydrogens is 390 g/mol. The Hall–Kier alpha value is -2.67. The third-order valence-corrected chi connectivity index (χ3v) is 6.42. The van der Waals surface area contributed by atoms with Crippen LogP contribution in [0, 0.1) is 5.92 Å². The van der Waals surface area contributed by atoms with E-state index in [4.69, 9.17) is 0 Å². The molecule has 2 aromatic rings. The molecule has 1 aliphatic rings. The third-order valence-electron chi connectivity index (χ3n) is 6.42. The first-order chi connectivity index (χ1) is 14.7. The first-order valence-corrected chi connectivity index (χ1v) is 11.1. The van der Waals surface area contributed by atoms with Gasteiger partial charge in [0, 0.05) is 25.7 Å². The van der Waals surface area contributed by atoms with Crippen LogP contribution in [0.2, 0.25) is 0 Å². The zero-order valence-corrected chi connectivity index (χ0v) is 19.3. The summed E-state index contributed by atoms with van der Waals surface area (Å²) in [6.07, 6.45) is 1.83. The van der Waals surface area contributed by atoms with Crippen LogP contribution in [-0.2, 0) is 13.0 Å². The van der Waals surface area contributed by atoms with Gasteiger partial charge in [0.05, 0.1) is 12.1 Å². The van der Waals surface area contributed by atoms with E-state index >= 15 is 0 Å². The highest BCUT2D eigenvalue weighted by atomic mass is 16.2. The quantitative estimate of drug-likeness (QED) is 0.647. The number of benzene rings is 1. The van der Waals surface area contributed by atoms with Gasteiger partial charge in [-0.15, -0.1) is 0 Å². The van der Waals surface area contributed by atoms with Crippen LogP contribution in [0.1, 0.15) is 60.7 Å². The molecule has 0 spiro atoms. The van der Waals surface area contributed by atoms with Gasteiger partial charge < -0.3 is 15.5 Å². The predicted molar refractivity (Wildman–Crippen MR) is 122 cm³/mol. The second-order valence-electron chi connectivity index (χ2n) is 9.14. The maximum Gasteiger partial charge on any atom is 0.272 e. The van der Waals surface area contributed by atoms with Gasteiger partial charge in [0.25, 0.3) is 11.8 Å². The molecule has 2 N–H and O–H groups in total. The van der Waals surface area contributed by atoms with Gasteiger partial charge in [-0.05, 0) is 44.7 Å². The van der Waals surface area contributed by atoms with Crippen LogP contribution in [0.5, 0.6) is 0 Å². The molecule has 0 saturated heterocycles. The Balaban J connectivity index is 1.66. The summed E-state index contributed by atoms with van der Waals surface area (Å²) < 4.78 is 1.69. The lowest BCUT2D eigenvalue weighted by Crippen LogP contribution is -2.63. The fourth-order valence-electron chi connectivity index (χ4n) is 3.92. The van der Waals surface area contributed by atoms with Crippen LogP contribution in [0.25, 0.3) is 0 Å². The zero-order valence-electron chi connectivity index (χ0n) is 19.3. The second kappa shape index (κ2) is 9.64. The molecule has 1 aromatic heterocycles. The Labute approximate surface area is 185 Å². The molecule has 31 heavy (non-hydrogen) atoms. The largest absolute Gasteiger partial charge is 0.350 e. The zero-order chi connectivity index (χ0) is 22.6. The molecule has 7 nitrogen and oxygen atoms in total. The van der Waals surface area contributed by atoms with E-state index in [1.807, 2.05) is 37.4 Å². The standard InChI is InChI=1S/C24H35N5O2/c1-17(2)11-13-25-18(3)24(4)16-29-21(23(31)28(24)5)15-20(27-29)22(30)26-14-12-19-9-7-6-8-10-19/h6-10,15,17-18,25H,11-14,16H2,1-5H3,(H,26,30). The van der Waals surface area contributed by atoms with Crippen molar-refractivity contribution in [2.24, 2.45) is 5.92 Å². The fourth-order valence-corrected chi connectivity index (χ4v) is 3.92. The van der Waals surface area contributed by atoms with Gasteiger partial charge in [-0.25, -0.2) is 0 Å². The van der Waals surface area contributed by atoms with Gasteiger partial charge in [0.15, 0.2) is 5.69 Å². The van der Waals surface area contributed by atoms with Crippen LogP contribution in [0.4, 0.5) is 0 Å². The summed E-state index contributed by atoms with van der Waals surface area (Å²) in [6.45, 7) is 10.5. The van der Waals surface area contributed by atoms with Crippen LogP contribution in [-0.4, -0.2) is 58.2 Å². The van der Waals surface area contributed by atoms with Gasteiger partial charge in [0.1, 0.15) is 5.69 Å². The lowest BCUT2D eigenvalue weighted by Gasteiger charge is -2.46. The number of nitrogens with one attached hydrogen (secondary N) is 2. The predicted octanol–water partition coefficient (Wildman–Crippen LogP) is 2.72. The van der Waals surface area contributed by atoms with Crippen molar-refractivity contribution in [3.8, 4) is 0 Å². The van der Waals surface area contributed by atoms with E-state index in [0.29, 0.717) is 24.7 Å². The Morgan fingerprint density at radius 2 is 1.90 bits per heavy atom. The van der Waals surface area contributed by atoms with E-state index in [-0.39, 0.29) is 23.6 Å². The van der Waals surface area contributed by atoms with Gasteiger partial charge >= 0.3 is 0 Å². The van der Waals surface area contributed by atoms with E-state index < -0.39 is 5.54 Å². The van der Waals surface area contributed by atoms with Crippen LogP contribution < -0.4 is 10.6 Å². The number of nitrogens with zero attached hydrogens (tertiary/aromatic N) is 3. The summed E-state index contributed by atoms with van der Waals surface area (Å²) in [5.74, 6) is 0.263. The minimum Gasteiger partial charge on any atom is -0.350 e. The molecule has 7 heteroatoms. The highest BCUT2D eigenvalue weighted by Crippen LogP contribution is 2.28. The first kappa shape index (κ1) is 23.0. The molecule has 168 valence electrons. The van der Waals surface area contributed by atoms with Gasteiger partial charge in [0.2, 0.25) is 0 Å². The summed E-state index contributed by atoms with van der Waals surface area (Å²) in [4.78, 5) is 27.5. The monoisotopic (exact) mass is 425 g/mol. The third kappa shape index (κ3) is 5.15. The van der Waals surface area contributed by atoms with Crippen molar-refractivity contribution in [2.45, 2.75) is 58.7 Å². The lowest BCUT2D eigenvalue weighted by molar-refractivity contribution is 0.0331. The SMILES string of the molecule is CC(C)CCNC(C)C1(C)Cn2nc(C(=O)NCCc3ccccc3)cc2C(=O)N1C. The average Bonchev–Trinajstić information content (AvgIpc) is 3.16. The van der Waals surface area contributed by atoms with Crippen molar-refractivity contribution < 1.29 is 9.59 Å². The Kier molecular flexibility index (Phi) is 7.15. The number of hydrogen-bond donors (Lipinski definition) is 2. The Morgan fingerprint density at radius 3 is 2.58 bits per heavy atom. The Morgan fingerprint density at radius 1 is 1.19 bits per heavy atom. The molecule has 0 bridgehead atoms. The molecule has 2 heterocycles. The maximum atomic E-state index is 13.1. The van der Waals surface area contributed by atoms with Crippen molar-refractivity contribution >= 4 is 11.8 Å². The van der Waals surface area contributed by atoms with Gasteiger partial charge in [-0.2, -0.15) is 5.10 Å². The molecule has 1 aromatic carbocycles. The molecule has 2 unspecified atom stereocenters. The number of rotatable bonds is 9. The number of hydrogen-bond acceptors (Lipinski definition) is 4. The molecule has 0 radical (unpaired) electrons. The molecule has 3 rings (SSSR count). The lowest BCUT2D eigenvalue weighted by atomic mass is 9.89. The highest BCUT2D eigenvalue weighted by molar-refractivity contribution is 5.98. The van der Waals surface area contributed by atoms with Crippen molar-refractivity contribution in [3.05, 3.63) is 53.3 Å². The Bertz CT molecular complexity index is 908. The molecule has 2 amide bonds. The number of amides is 2. The summed E-state index contributed by atoms with van der Waals surface area (Å²) in [7, 11) is 1.83. The topological polar surface area (TPSA) is 79.3 Å². The van der Waals surface area contributed by atoms with Gasteiger partial charge in [-0.3, -0.25) is 14.3 Å². The maximum absolute atomic E-state index is 13.1. The van der Waals surface area contributed by atoms with E-state index in [1.165, 1.54) is 5.56 Å². The van der Waals surface area contributed by atoms with Crippen LogP contribution >= 0.6 is 0 Å². The average molecular weight is 426 g/mol. The van der Waals surface area contributed by atoms with E-state index in [1.54, 1.807) is 15.6 Å². The minimum atomic E-state index is -0.436. The van der Waals surface area contributed by atoms with E-state index in [0.717, 1.165) is 19.4 Å². The molecule has 0 saturated carbocycles. The molecule has 0 fully saturated rings. The van der Waals surface area contributed by atoms with E-state index in [2.05, 4.69) is 43.4 Å². The van der Waals surface area contributed by atoms with Crippen molar-refractivity contribution in [2.75, 3.05) is 20.1 Å². The molecule has 2 atom stereocenters. The van der Waals surface area contributed by atoms with Crippen LogP contribution in [0.3, 0.4) is 0 Å². The molecule has 1 aliphatic heterocycles. The number of likely N-dealkylation sites (N-methyl/N-ethyl adjacent to an activating group) is 1. The van der Waals surface area contributed by atoms with Crippen molar-refractivity contribution in [1.29, 1.82) is 0 Å². The van der Waals surface area contributed by atoms with E-state index in [9.17, 15) is 9.59 Å². The van der Waals surface area contributed by atoms with Crippen molar-refractivity contribution in [3.63, 3.8) is 0 Å². The minimum absolute atomic E-state index is 0.0840. The number of carbonyl (C=O) groups is 2.